The average Bonchev–Trinajstić information content (AvgIpc) is 2.62. The number of hydrogen-bond donors (Lipinski definition) is 2. The van der Waals surface area contributed by atoms with Crippen LogP contribution in [0.25, 0.3) is 0 Å². The van der Waals surface area contributed by atoms with Gasteiger partial charge >= 0.3 is 0 Å². The van der Waals surface area contributed by atoms with Crippen molar-refractivity contribution in [2.75, 3.05) is 30.0 Å². The van der Waals surface area contributed by atoms with Crippen molar-refractivity contribution >= 4 is 40.9 Å². The Morgan fingerprint density at radius 3 is 2.07 bits per heavy atom. The van der Waals surface area contributed by atoms with E-state index in [1.807, 2.05) is 43.3 Å². The van der Waals surface area contributed by atoms with E-state index in [0.29, 0.717) is 11.4 Å². The molecule has 142 valence electrons. The molecule has 0 aliphatic rings. The third-order valence-corrected chi connectivity index (χ3v) is 4.68. The molecule has 2 aromatic rings. The lowest BCUT2D eigenvalue weighted by molar-refractivity contribution is -0.131. The minimum absolute atomic E-state index is 0.00522. The summed E-state index contributed by atoms with van der Waals surface area (Å²) in [6.07, 6.45) is 0. The van der Waals surface area contributed by atoms with Crippen LogP contribution in [-0.2, 0) is 14.4 Å². The topological polar surface area (TPSA) is 78.5 Å². The van der Waals surface area contributed by atoms with Crippen LogP contribution in [0.4, 0.5) is 11.4 Å². The number of aryl methyl sites for hydroxylation is 1. The molecular formula is C20H23N3O3S. The van der Waals surface area contributed by atoms with E-state index >= 15 is 0 Å². The lowest BCUT2D eigenvalue weighted by atomic mass is 10.2. The molecule has 0 heterocycles. The minimum Gasteiger partial charge on any atom is -0.336 e. The average molecular weight is 385 g/mol. The first-order chi connectivity index (χ1) is 12.8. The summed E-state index contributed by atoms with van der Waals surface area (Å²) in [5, 5.41) is 5.47. The van der Waals surface area contributed by atoms with Crippen LogP contribution in [0.3, 0.4) is 0 Å². The number of hydrogen-bond acceptors (Lipinski definition) is 4. The van der Waals surface area contributed by atoms with Crippen LogP contribution in [0.5, 0.6) is 0 Å². The van der Waals surface area contributed by atoms with Gasteiger partial charge in [0.25, 0.3) is 0 Å². The number of anilines is 2. The summed E-state index contributed by atoms with van der Waals surface area (Å²) in [6.45, 7) is 3.42. The van der Waals surface area contributed by atoms with E-state index in [-0.39, 0.29) is 30.0 Å². The van der Waals surface area contributed by atoms with Crippen LogP contribution < -0.4 is 10.6 Å². The van der Waals surface area contributed by atoms with Crippen LogP contribution in [-0.4, -0.2) is 42.0 Å². The summed E-state index contributed by atoms with van der Waals surface area (Å²) >= 11 is 1.38. The second-order valence-corrected chi connectivity index (χ2v) is 7.21. The fourth-order valence-electron chi connectivity index (χ4n) is 2.23. The zero-order valence-electron chi connectivity index (χ0n) is 15.6. The summed E-state index contributed by atoms with van der Waals surface area (Å²) in [6, 6.07) is 14.7. The van der Waals surface area contributed by atoms with Crippen LogP contribution >= 0.6 is 11.8 Å². The number of thioether (sulfide) groups is 1. The number of rotatable bonds is 7. The van der Waals surface area contributed by atoms with E-state index in [2.05, 4.69) is 10.6 Å². The third kappa shape index (κ3) is 7.15. The Kier molecular flexibility index (Phi) is 7.43. The molecule has 0 aromatic heterocycles. The number of carbonyl (C=O) groups is 3. The molecule has 0 atom stereocenters. The van der Waals surface area contributed by atoms with Gasteiger partial charge in [0.15, 0.2) is 0 Å². The van der Waals surface area contributed by atoms with E-state index in [9.17, 15) is 14.4 Å². The molecule has 7 heteroatoms. The van der Waals surface area contributed by atoms with Gasteiger partial charge in [-0.1, -0.05) is 17.7 Å². The number of likely N-dealkylation sites (N-methyl/N-ethyl adjacent to an activating group) is 1. The first kappa shape index (κ1) is 20.5. The Labute approximate surface area is 163 Å². The lowest BCUT2D eigenvalue weighted by Crippen LogP contribution is -2.35. The molecule has 0 aliphatic heterocycles. The van der Waals surface area contributed by atoms with Crippen LogP contribution in [0, 0.1) is 6.92 Å². The van der Waals surface area contributed by atoms with Crippen molar-refractivity contribution in [3.8, 4) is 0 Å². The van der Waals surface area contributed by atoms with E-state index in [1.54, 1.807) is 19.2 Å². The first-order valence-electron chi connectivity index (χ1n) is 8.44. The van der Waals surface area contributed by atoms with Crippen LogP contribution in [0.1, 0.15) is 12.5 Å². The first-order valence-corrected chi connectivity index (χ1v) is 9.43. The maximum absolute atomic E-state index is 12.2. The van der Waals surface area contributed by atoms with Crippen molar-refractivity contribution in [2.45, 2.75) is 18.7 Å². The van der Waals surface area contributed by atoms with Gasteiger partial charge in [0.05, 0.1) is 12.3 Å². The van der Waals surface area contributed by atoms with Crippen LogP contribution in [0.2, 0.25) is 0 Å². The van der Waals surface area contributed by atoms with E-state index in [1.165, 1.54) is 23.6 Å². The maximum Gasteiger partial charge on any atom is 0.243 e. The van der Waals surface area contributed by atoms with Gasteiger partial charge in [-0.3, -0.25) is 14.4 Å². The summed E-state index contributed by atoms with van der Waals surface area (Å²) < 4.78 is 0. The SMILES string of the molecule is CC(=O)Nc1ccc(SCC(=O)N(C)CC(=O)Nc2ccc(C)cc2)cc1. The Hall–Kier alpha value is -2.80. The zero-order chi connectivity index (χ0) is 19.8. The second kappa shape index (κ2) is 9.78. The third-order valence-electron chi connectivity index (χ3n) is 3.68. The molecule has 0 radical (unpaired) electrons. The summed E-state index contributed by atoms with van der Waals surface area (Å²) in [7, 11) is 1.61. The lowest BCUT2D eigenvalue weighted by Gasteiger charge is -2.16. The smallest absolute Gasteiger partial charge is 0.243 e. The monoisotopic (exact) mass is 385 g/mol. The Morgan fingerprint density at radius 1 is 0.926 bits per heavy atom. The Morgan fingerprint density at radius 2 is 1.48 bits per heavy atom. The molecule has 0 spiro atoms. The molecule has 0 aliphatic carbocycles. The van der Waals surface area contributed by atoms with Gasteiger partial charge in [-0.2, -0.15) is 0 Å². The van der Waals surface area contributed by atoms with Crippen molar-refractivity contribution in [1.29, 1.82) is 0 Å². The fourth-order valence-corrected chi connectivity index (χ4v) is 3.07. The molecule has 0 bridgehead atoms. The van der Waals surface area contributed by atoms with Crippen LogP contribution in [0.15, 0.2) is 53.4 Å². The summed E-state index contributed by atoms with van der Waals surface area (Å²) in [5.41, 5.74) is 2.53. The van der Waals surface area contributed by atoms with Gasteiger partial charge in [-0.25, -0.2) is 0 Å². The normalized spacial score (nSPS) is 10.2. The van der Waals surface area contributed by atoms with Crippen molar-refractivity contribution in [2.24, 2.45) is 0 Å². The van der Waals surface area contributed by atoms with Crippen molar-refractivity contribution in [3.63, 3.8) is 0 Å². The molecular weight excluding hydrogens is 362 g/mol. The molecule has 0 fully saturated rings. The maximum atomic E-state index is 12.2. The van der Waals surface area contributed by atoms with E-state index in [0.717, 1.165) is 10.5 Å². The number of carbonyl (C=O) groups excluding carboxylic acids is 3. The zero-order valence-corrected chi connectivity index (χ0v) is 16.4. The Balaban J connectivity index is 1.78. The second-order valence-electron chi connectivity index (χ2n) is 6.16. The van der Waals surface area contributed by atoms with Crippen molar-refractivity contribution < 1.29 is 14.4 Å². The standard InChI is InChI=1S/C20H23N3O3S/c1-14-4-6-17(7-5-14)22-19(25)12-23(3)20(26)13-27-18-10-8-16(9-11-18)21-15(2)24/h4-11H,12-13H2,1-3H3,(H,21,24)(H,22,25). The highest BCUT2D eigenvalue weighted by atomic mass is 32.2. The van der Waals surface area contributed by atoms with Gasteiger partial charge in [0.2, 0.25) is 17.7 Å². The molecule has 2 N–H and O–H groups in total. The number of nitrogens with zero attached hydrogens (tertiary/aromatic N) is 1. The fraction of sp³-hybridized carbons (Fsp3) is 0.250. The summed E-state index contributed by atoms with van der Waals surface area (Å²) in [5.74, 6) is -0.270. The molecule has 27 heavy (non-hydrogen) atoms. The van der Waals surface area contributed by atoms with Gasteiger partial charge in [-0.05, 0) is 43.3 Å². The molecule has 0 saturated heterocycles. The molecule has 2 aromatic carbocycles. The number of benzene rings is 2. The quantitative estimate of drug-likeness (QED) is 0.718. The number of nitrogens with one attached hydrogen (secondary N) is 2. The van der Waals surface area contributed by atoms with E-state index in [4.69, 9.17) is 0 Å². The molecule has 6 nitrogen and oxygen atoms in total. The minimum atomic E-state index is -0.237. The molecule has 0 saturated carbocycles. The molecule has 3 amide bonds. The van der Waals surface area contributed by atoms with Gasteiger partial charge < -0.3 is 15.5 Å². The Bertz CT molecular complexity index is 804. The highest BCUT2D eigenvalue weighted by molar-refractivity contribution is 8.00. The summed E-state index contributed by atoms with van der Waals surface area (Å²) in [4.78, 5) is 37.6. The number of amides is 3. The van der Waals surface area contributed by atoms with Gasteiger partial charge in [0.1, 0.15) is 0 Å². The largest absolute Gasteiger partial charge is 0.336 e. The highest BCUT2D eigenvalue weighted by Crippen LogP contribution is 2.20. The van der Waals surface area contributed by atoms with Crippen molar-refractivity contribution in [1.82, 2.24) is 4.90 Å². The van der Waals surface area contributed by atoms with E-state index < -0.39 is 0 Å². The van der Waals surface area contributed by atoms with Gasteiger partial charge in [-0.15, -0.1) is 11.8 Å². The molecule has 2 rings (SSSR count). The highest BCUT2D eigenvalue weighted by Gasteiger charge is 2.13. The predicted octanol–water partition coefficient (Wildman–Crippen LogP) is 3.14. The molecule has 0 unspecified atom stereocenters. The van der Waals surface area contributed by atoms with Crippen molar-refractivity contribution in [3.05, 3.63) is 54.1 Å². The predicted molar refractivity (Wildman–Crippen MR) is 109 cm³/mol. The van der Waals surface area contributed by atoms with Gasteiger partial charge in [0, 0.05) is 30.2 Å².